The number of primary amides is 1. The molecule has 27 heavy (non-hydrogen) atoms. The van der Waals surface area contributed by atoms with Gasteiger partial charge >= 0.3 is 0 Å². The monoisotopic (exact) mass is 364 g/mol. The van der Waals surface area contributed by atoms with Crippen LogP contribution >= 0.6 is 0 Å². The third-order valence-corrected chi connectivity index (χ3v) is 6.10. The first-order valence-corrected chi connectivity index (χ1v) is 10.0. The molecule has 0 aromatic heterocycles. The van der Waals surface area contributed by atoms with Crippen LogP contribution in [0, 0.1) is 0 Å². The maximum Gasteiger partial charge on any atom is 0.228 e. The fraction of sp³-hybridized carbons (Fsp3) is 0.435. The minimum Gasteiger partial charge on any atom is -0.493 e. The fourth-order valence-electron chi connectivity index (χ4n) is 4.60. The van der Waals surface area contributed by atoms with Gasteiger partial charge in [-0.2, -0.15) is 0 Å². The number of nitrogens with two attached hydrogens (primary N) is 1. The summed E-state index contributed by atoms with van der Waals surface area (Å²) >= 11 is 0. The van der Waals surface area contributed by atoms with Crippen molar-refractivity contribution < 1.29 is 9.53 Å². The Labute approximate surface area is 161 Å². The molecule has 2 aliphatic rings. The Bertz CT molecular complexity index is 814. The summed E-state index contributed by atoms with van der Waals surface area (Å²) in [4.78, 5) is 15.3. The van der Waals surface area contributed by atoms with Crippen LogP contribution in [0.1, 0.15) is 42.4 Å². The van der Waals surface area contributed by atoms with Crippen LogP contribution in [-0.4, -0.2) is 30.5 Å². The van der Waals surface area contributed by atoms with Crippen LogP contribution in [-0.2, 0) is 23.2 Å². The van der Waals surface area contributed by atoms with Crippen LogP contribution in [0.5, 0.6) is 5.75 Å². The van der Waals surface area contributed by atoms with Gasteiger partial charge in [0.05, 0.1) is 12.0 Å². The number of fused-ring (bicyclic) bond motifs is 1. The Morgan fingerprint density at radius 3 is 2.59 bits per heavy atom. The fourth-order valence-corrected chi connectivity index (χ4v) is 4.60. The van der Waals surface area contributed by atoms with Crippen molar-refractivity contribution in [1.82, 2.24) is 4.90 Å². The van der Waals surface area contributed by atoms with E-state index in [4.69, 9.17) is 10.5 Å². The van der Waals surface area contributed by atoms with Crippen molar-refractivity contribution in [2.75, 3.05) is 19.7 Å². The maximum absolute atomic E-state index is 12.8. The summed E-state index contributed by atoms with van der Waals surface area (Å²) in [6.07, 6.45) is 5.02. The molecule has 1 fully saturated rings. The van der Waals surface area contributed by atoms with E-state index in [1.807, 2.05) is 30.3 Å². The molecular weight excluding hydrogens is 336 g/mol. The molecule has 0 saturated carbocycles. The van der Waals surface area contributed by atoms with Crippen molar-refractivity contribution in [3.8, 4) is 5.75 Å². The van der Waals surface area contributed by atoms with Crippen molar-refractivity contribution in [1.29, 1.82) is 0 Å². The molecule has 4 rings (SSSR count). The number of hydrogen-bond donors (Lipinski definition) is 1. The number of rotatable bonds is 4. The summed E-state index contributed by atoms with van der Waals surface area (Å²) in [7, 11) is 0. The summed E-state index contributed by atoms with van der Waals surface area (Å²) in [6.45, 7) is 3.64. The Morgan fingerprint density at radius 2 is 1.78 bits per heavy atom. The van der Waals surface area contributed by atoms with Gasteiger partial charge in [0.15, 0.2) is 0 Å². The number of carbonyl (C=O) groups is 1. The van der Waals surface area contributed by atoms with E-state index in [2.05, 4.69) is 23.1 Å². The molecule has 0 aliphatic carbocycles. The minimum absolute atomic E-state index is 0.256. The van der Waals surface area contributed by atoms with E-state index in [0.29, 0.717) is 19.4 Å². The Balaban J connectivity index is 1.73. The predicted molar refractivity (Wildman–Crippen MR) is 107 cm³/mol. The number of para-hydroxylation sites is 1. The Kier molecular flexibility index (Phi) is 5.17. The van der Waals surface area contributed by atoms with Gasteiger partial charge in [-0.15, -0.1) is 0 Å². The second kappa shape index (κ2) is 7.73. The average Bonchev–Trinajstić information content (AvgIpc) is 2.89. The number of amides is 1. The number of ether oxygens (including phenoxy) is 1. The highest BCUT2D eigenvalue weighted by atomic mass is 16.5. The number of hydrogen-bond acceptors (Lipinski definition) is 3. The molecule has 1 unspecified atom stereocenters. The summed E-state index contributed by atoms with van der Waals surface area (Å²) < 4.78 is 5.95. The lowest BCUT2D eigenvalue weighted by Gasteiger charge is -2.34. The molecule has 4 nitrogen and oxygen atoms in total. The molecule has 0 bridgehead atoms. The highest BCUT2D eigenvalue weighted by Gasteiger charge is 2.42. The lowest BCUT2D eigenvalue weighted by molar-refractivity contribution is -0.124. The lowest BCUT2D eigenvalue weighted by atomic mass is 9.71. The molecule has 4 heteroatoms. The van der Waals surface area contributed by atoms with E-state index in [9.17, 15) is 4.79 Å². The largest absolute Gasteiger partial charge is 0.493 e. The predicted octanol–water partition coefficient (Wildman–Crippen LogP) is 3.42. The molecule has 0 radical (unpaired) electrons. The van der Waals surface area contributed by atoms with Crippen LogP contribution in [0.25, 0.3) is 0 Å². The molecule has 142 valence electrons. The van der Waals surface area contributed by atoms with E-state index >= 15 is 0 Å². The Hall–Kier alpha value is -2.33. The van der Waals surface area contributed by atoms with Crippen LogP contribution in [0.2, 0.25) is 0 Å². The van der Waals surface area contributed by atoms with Crippen LogP contribution < -0.4 is 10.5 Å². The van der Waals surface area contributed by atoms with Crippen molar-refractivity contribution in [2.24, 2.45) is 5.73 Å². The SMILES string of the molecule is NC(=O)C1(c2ccccc2CN2CCCCC2)CCOc2ccccc2C1. The van der Waals surface area contributed by atoms with Gasteiger partial charge < -0.3 is 10.5 Å². The molecule has 2 heterocycles. The second-order valence-electron chi connectivity index (χ2n) is 7.82. The third-order valence-electron chi connectivity index (χ3n) is 6.10. The standard InChI is InChI=1S/C23H28N2O2/c24-22(26)23(12-15-27-21-11-5-3-8-18(21)16-23)20-10-4-2-9-19(20)17-25-13-6-1-7-14-25/h2-5,8-11H,1,6-7,12-17H2,(H2,24,26). The number of carbonyl (C=O) groups excluding carboxylic acids is 1. The molecule has 1 saturated heterocycles. The number of piperidine rings is 1. The first kappa shape index (κ1) is 18.1. The first-order chi connectivity index (χ1) is 13.2. The topological polar surface area (TPSA) is 55.6 Å². The lowest BCUT2D eigenvalue weighted by Crippen LogP contribution is -2.44. The molecule has 1 amide bonds. The summed E-state index contributed by atoms with van der Waals surface area (Å²) in [5.74, 6) is 0.614. The molecule has 2 aliphatic heterocycles. The van der Waals surface area contributed by atoms with Gasteiger partial charge in [-0.05, 0) is 55.1 Å². The normalized spacial score (nSPS) is 23.1. The van der Waals surface area contributed by atoms with E-state index in [0.717, 1.165) is 36.5 Å². The zero-order valence-corrected chi connectivity index (χ0v) is 15.8. The van der Waals surface area contributed by atoms with Crippen molar-refractivity contribution in [3.05, 3.63) is 65.2 Å². The van der Waals surface area contributed by atoms with Crippen LogP contribution in [0.4, 0.5) is 0 Å². The summed E-state index contributed by atoms with van der Waals surface area (Å²) in [5, 5.41) is 0. The van der Waals surface area contributed by atoms with Gasteiger partial charge in [0.1, 0.15) is 5.75 Å². The summed E-state index contributed by atoms with van der Waals surface area (Å²) in [6, 6.07) is 16.3. The third kappa shape index (κ3) is 3.59. The number of nitrogens with zero attached hydrogens (tertiary/aromatic N) is 1. The van der Waals surface area contributed by atoms with E-state index < -0.39 is 5.41 Å². The Morgan fingerprint density at radius 1 is 1.04 bits per heavy atom. The first-order valence-electron chi connectivity index (χ1n) is 10.0. The zero-order valence-electron chi connectivity index (χ0n) is 15.8. The molecular formula is C23H28N2O2. The van der Waals surface area contributed by atoms with Gasteiger partial charge in [0, 0.05) is 13.0 Å². The van der Waals surface area contributed by atoms with E-state index in [1.54, 1.807) is 0 Å². The van der Waals surface area contributed by atoms with Crippen molar-refractivity contribution in [3.63, 3.8) is 0 Å². The molecule has 1 atom stereocenters. The average molecular weight is 364 g/mol. The second-order valence-corrected chi connectivity index (χ2v) is 7.82. The zero-order chi connectivity index (χ0) is 18.7. The quantitative estimate of drug-likeness (QED) is 0.904. The van der Waals surface area contributed by atoms with Crippen LogP contribution in [0.15, 0.2) is 48.5 Å². The van der Waals surface area contributed by atoms with Gasteiger partial charge in [-0.3, -0.25) is 9.69 Å². The van der Waals surface area contributed by atoms with Gasteiger partial charge in [0.2, 0.25) is 5.91 Å². The van der Waals surface area contributed by atoms with Gasteiger partial charge in [-0.1, -0.05) is 48.9 Å². The molecule has 2 aromatic carbocycles. The highest BCUT2D eigenvalue weighted by Crippen LogP contribution is 2.39. The summed E-state index contributed by atoms with van der Waals surface area (Å²) in [5.41, 5.74) is 8.68. The van der Waals surface area contributed by atoms with Crippen molar-refractivity contribution >= 4 is 5.91 Å². The minimum atomic E-state index is -0.723. The van der Waals surface area contributed by atoms with E-state index in [1.165, 1.54) is 24.8 Å². The molecule has 2 N–H and O–H groups in total. The van der Waals surface area contributed by atoms with Gasteiger partial charge in [-0.25, -0.2) is 0 Å². The van der Waals surface area contributed by atoms with Crippen molar-refractivity contribution in [2.45, 2.75) is 44.1 Å². The van der Waals surface area contributed by atoms with Gasteiger partial charge in [0.25, 0.3) is 0 Å². The highest BCUT2D eigenvalue weighted by molar-refractivity contribution is 5.88. The molecule has 0 spiro atoms. The molecule has 2 aromatic rings. The van der Waals surface area contributed by atoms with E-state index in [-0.39, 0.29) is 5.91 Å². The van der Waals surface area contributed by atoms with Crippen LogP contribution in [0.3, 0.4) is 0 Å². The number of likely N-dealkylation sites (tertiary alicyclic amines) is 1. The smallest absolute Gasteiger partial charge is 0.228 e. The maximum atomic E-state index is 12.8. The number of benzene rings is 2.